The maximum Gasteiger partial charge on any atom is 0.332 e. The molecule has 0 aromatic carbocycles. The molecule has 0 aliphatic rings. The lowest BCUT2D eigenvalue weighted by Gasteiger charge is -2.18. The molecule has 2 N–H and O–H groups in total. The Bertz CT molecular complexity index is 534. The van der Waals surface area contributed by atoms with Crippen LogP contribution in [-0.2, 0) is 4.79 Å². The summed E-state index contributed by atoms with van der Waals surface area (Å²) in [5, 5.41) is 16.7. The number of anilines is 2. The van der Waals surface area contributed by atoms with Crippen molar-refractivity contribution in [2.75, 3.05) is 37.4 Å². The molecule has 0 bridgehead atoms. The molecule has 0 atom stereocenters. The van der Waals surface area contributed by atoms with E-state index in [9.17, 15) is 14.9 Å². The van der Waals surface area contributed by atoms with Gasteiger partial charge < -0.3 is 15.5 Å². The van der Waals surface area contributed by atoms with Crippen molar-refractivity contribution in [1.29, 1.82) is 0 Å². The van der Waals surface area contributed by atoms with Crippen molar-refractivity contribution in [3.8, 4) is 0 Å². The number of likely N-dealkylation sites (N-methyl/N-ethyl adjacent to an activating group) is 2. The molecule has 0 unspecified atom stereocenters. The third-order valence-electron chi connectivity index (χ3n) is 2.78. The fourth-order valence-corrected chi connectivity index (χ4v) is 1.72. The Morgan fingerprint density at radius 1 is 1.43 bits per heavy atom. The summed E-state index contributed by atoms with van der Waals surface area (Å²) >= 11 is 0. The first-order chi connectivity index (χ1) is 9.90. The van der Waals surface area contributed by atoms with Gasteiger partial charge in [-0.15, -0.1) is 0 Å². The van der Waals surface area contributed by atoms with Gasteiger partial charge in [0.05, 0.1) is 11.5 Å². The number of nitrogens with zero attached hydrogens (tertiary/aromatic N) is 4. The predicted octanol–water partition coefficient (Wildman–Crippen LogP) is 0.697. The first kappa shape index (κ1) is 16.6. The average Bonchev–Trinajstić information content (AvgIpc) is 2.43. The van der Waals surface area contributed by atoms with Crippen LogP contribution >= 0.6 is 0 Å². The van der Waals surface area contributed by atoms with E-state index in [4.69, 9.17) is 0 Å². The molecule has 9 heteroatoms. The summed E-state index contributed by atoms with van der Waals surface area (Å²) in [4.78, 5) is 31.8. The van der Waals surface area contributed by atoms with Crippen molar-refractivity contribution in [2.24, 2.45) is 0 Å². The van der Waals surface area contributed by atoms with Crippen LogP contribution in [0.15, 0.2) is 0 Å². The average molecular weight is 296 g/mol. The molecular weight excluding hydrogens is 276 g/mol. The van der Waals surface area contributed by atoms with Crippen LogP contribution in [0.25, 0.3) is 0 Å². The molecule has 116 valence electrons. The van der Waals surface area contributed by atoms with E-state index in [-0.39, 0.29) is 29.7 Å². The van der Waals surface area contributed by atoms with E-state index in [1.165, 1.54) is 11.9 Å². The molecule has 1 aromatic rings. The van der Waals surface area contributed by atoms with Crippen molar-refractivity contribution < 1.29 is 9.72 Å². The van der Waals surface area contributed by atoms with Gasteiger partial charge in [-0.3, -0.25) is 14.9 Å². The number of aromatic nitrogens is 2. The Morgan fingerprint density at radius 2 is 2.10 bits per heavy atom. The van der Waals surface area contributed by atoms with Crippen molar-refractivity contribution >= 4 is 23.4 Å². The number of carbonyl (C=O) groups excluding carboxylic acids is 1. The van der Waals surface area contributed by atoms with Crippen LogP contribution in [0, 0.1) is 17.0 Å². The maximum absolute atomic E-state index is 11.4. The number of hydrogen-bond donors (Lipinski definition) is 2. The summed E-state index contributed by atoms with van der Waals surface area (Å²) in [6, 6.07) is 0. The topological polar surface area (TPSA) is 113 Å². The lowest BCUT2D eigenvalue weighted by atomic mass is 10.3. The van der Waals surface area contributed by atoms with Gasteiger partial charge in [0.2, 0.25) is 17.7 Å². The molecule has 21 heavy (non-hydrogen) atoms. The highest BCUT2D eigenvalue weighted by Crippen LogP contribution is 2.28. The molecule has 0 aliphatic heterocycles. The molecular formula is C12H20N6O3. The monoisotopic (exact) mass is 296 g/mol. The Labute approximate surface area is 122 Å². The lowest BCUT2D eigenvalue weighted by Crippen LogP contribution is -2.34. The highest BCUT2D eigenvalue weighted by molar-refractivity contribution is 5.81. The number of rotatable bonds is 7. The first-order valence-electron chi connectivity index (χ1n) is 6.59. The minimum Gasteiger partial charge on any atom is -0.358 e. The molecule has 0 radical (unpaired) electrons. The standard InChI is InChI=1S/C12H20N6O3/c1-5-6-14-12-15-8(2)10(18(20)21)11(16-12)17(4)7-9(19)13-3/h5-7H2,1-4H3,(H,13,19)(H,14,15,16). The van der Waals surface area contributed by atoms with E-state index in [1.54, 1.807) is 14.0 Å². The number of nitrogens with one attached hydrogen (secondary N) is 2. The second kappa shape index (κ2) is 7.36. The van der Waals surface area contributed by atoms with Crippen molar-refractivity contribution in [3.63, 3.8) is 0 Å². The van der Waals surface area contributed by atoms with Gasteiger partial charge >= 0.3 is 5.69 Å². The number of hydrogen-bond acceptors (Lipinski definition) is 7. The molecule has 1 rings (SSSR count). The van der Waals surface area contributed by atoms with Gasteiger partial charge in [-0.1, -0.05) is 6.92 Å². The minimum absolute atomic E-state index is 0.0268. The molecule has 9 nitrogen and oxygen atoms in total. The molecule has 0 saturated carbocycles. The maximum atomic E-state index is 11.4. The van der Waals surface area contributed by atoms with E-state index in [2.05, 4.69) is 20.6 Å². The molecule has 1 amide bonds. The molecule has 1 aromatic heterocycles. The summed E-state index contributed by atoms with van der Waals surface area (Å²) in [5.41, 5.74) is 0.0656. The fraction of sp³-hybridized carbons (Fsp3) is 0.583. The lowest BCUT2D eigenvalue weighted by molar-refractivity contribution is -0.385. The van der Waals surface area contributed by atoms with Crippen molar-refractivity contribution in [3.05, 3.63) is 15.8 Å². The number of nitro groups is 1. The Balaban J connectivity index is 3.20. The SMILES string of the molecule is CCCNc1nc(C)c([N+](=O)[O-])c(N(C)CC(=O)NC)n1. The van der Waals surface area contributed by atoms with Gasteiger partial charge in [0, 0.05) is 20.6 Å². The Kier molecular flexibility index (Phi) is 5.82. The van der Waals surface area contributed by atoms with Crippen LogP contribution in [0.1, 0.15) is 19.0 Å². The summed E-state index contributed by atoms with van der Waals surface area (Å²) in [7, 11) is 3.08. The van der Waals surface area contributed by atoms with Gasteiger partial charge in [0.25, 0.3) is 0 Å². The summed E-state index contributed by atoms with van der Waals surface area (Å²) < 4.78 is 0. The predicted molar refractivity (Wildman–Crippen MR) is 79.5 cm³/mol. The van der Waals surface area contributed by atoms with Gasteiger partial charge in [-0.05, 0) is 13.3 Å². The molecule has 0 saturated heterocycles. The van der Waals surface area contributed by atoms with Crippen LogP contribution in [0.5, 0.6) is 0 Å². The van der Waals surface area contributed by atoms with Crippen LogP contribution in [0.4, 0.5) is 17.5 Å². The summed E-state index contributed by atoms with van der Waals surface area (Å²) in [5.74, 6) is 0.180. The number of aryl methyl sites for hydroxylation is 1. The third-order valence-corrected chi connectivity index (χ3v) is 2.78. The zero-order chi connectivity index (χ0) is 16.0. The van der Waals surface area contributed by atoms with Crippen LogP contribution in [0.3, 0.4) is 0 Å². The van der Waals surface area contributed by atoms with E-state index >= 15 is 0 Å². The van der Waals surface area contributed by atoms with Crippen molar-refractivity contribution in [2.45, 2.75) is 20.3 Å². The summed E-state index contributed by atoms with van der Waals surface area (Å²) in [6.07, 6.45) is 0.878. The van der Waals surface area contributed by atoms with Gasteiger partial charge in [-0.25, -0.2) is 4.98 Å². The normalized spacial score (nSPS) is 10.1. The molecule has 0 aliphatic carbocycles. The summed E-state index contributed by atoms with van der Waals surface area (Å²) in [6.45, 7) is 4.18. The molecule has 1 heterocycles. The Morgan fingerprint density at radius 3 is 2.62 bits per heavy atom. The highest BCUT2D eigenvalue weighted by atomic mass is 16.6. The van der Waals surface area contributed by atoms with Crippen LogP contribution in [0.2, 0.25) is 0 Å². The number of carbonyl (C=O) groups is 1. The minimum atomic E-state index is -0.533. The van der Waals surface area contributed by atoms with Gasteiger partial charge in [0.1, 0.15) is 5.69 Å². The van der Waals surface area contributed by atoms with Gasteiger partial charge in [0.15, 0.2) is 0 Å². The van der Waals surface area contributed by atoms with E-state index < -0.39 is 4.92 Å². The van der Waals surface area contributed by atoms with E-state index in [0.717, 1.165) is 6.42 Å². The fourth-order valence-electron chi connectivity index (χ4n) is 1.72. The van der Waals surface area contributed by atoms with Crippen molar-refractivity contribution in [1.82, 2.24) is 15.3 Å². The molecule has 0 spiro atoms. The Hall–Kier alpha value is -2.45. The first-order valence-corrected chi connectivity index (χ1v) is 6.59. The second-order valence-electron chi connectivity index (χ2n) is 4.52. The highest BCUT2D eigenvalue weighted by Gasteiger charge is 2.25. The van der Waals surface area contributed by atoms with Crippen LogP contribution < -0.4 is 15.5 Å². The second-order valence-corrected chi connectivity index (χ2v) is 4.52. The third kappa shape index (κ3) is 4.26. The van der Waals surface area contributed by atoms with E-state index in [1.807, 2.05) is 6.92 Å². The van der Waals surface area contributed by atoms with E-state index in [0.29, 0.717) is 12.5 Å². The quantitative estimate of drug-likeness (QED) is 0.562. The molecule has 0 fully saturated rings. The zero-order valence-electron chi connectivity index (χ0n) is 12.6. The zero-order valence-corrected chi connectivity index (χ0v) is 12.6. The van der Waals surface area contributed by atoms with Crippen LogP contribution in [-0.4, -0.2) is 48.0 Å². The number of amides is 1. The van der Waals surface area contributed by atoms with Gasteiger partial charge in [-0.2, -0.15) is 4.98 Å². The smallest absolute Gasteiger partial charge is 0.332 e. The largest absolute Gasteiger partial charge is 0.358 e.